The van der Waals surface area contributed by atoms with E-state index >= 15 is 0 Å². The van der Waals surface area contributed by atoms with Crippen molar-refractivity contribution in [3.63, 3.8) is 0 Å². The van der Waals surface area contributed by atoms with Gasteiger partial charge in [-0.25, -0.2) is 4.39 Å². The number of anilines is 1. The molecule has 33 heavy (non-hydrogen) atoms. The fourth-order valence-corrected chi connectivity index (χ4v) is 3.91. The first-order valence-corrected chi connectivity index (χ1v) is 10.3. The lowest BCUT2D eigenvalue weighted by atomic mass is 10.1. The summed E-state index contributed by atoms with van der Waals surface area (Å²) in [7, 11) is 0. The molecule has 0 unspecified atom stereocenters. The van der Waals surface area contributed by atoms with Gasteiger partial charge in [0.2, 0.25) is 0 Å². The fraction of sp³-hybridized carbons (Fsp3) is 0.227. The van der Waals surface area contributed by atoms with Crippen LogP contribution in [-0.4, -0.2) is 55.9 Å². The molecule has 1 fully saturated rings. The largest absolute Gasteiger partial charge is 0.382 e. The zero-order valence-corrected chi connectivity index (χ0v) is 17.5. The Morgan fingerprint density at radius 3 is 2.79 bits per heavy atom. The second kappa shape index (κ2) is 8.42. The van der Waals surface area contributed by atoms with E-state index in [-0.39, 0.29) is 22.5 Å². The van der Waals surface area contributed by atoms with Crippen LogP contribution in [0.3, 0.4) is 0 Å². The third-order valence-corrected chi connectivity index (χ3v) is 5.57. The summed E-state index contributed by atoms with van der Waals surface area (Å²) in [6.07, 6.45) is 4.67. The first-order valence-electron chi connectivity index (χ1n) is 10.3. The number of H-pyrrole nitrogens is 1. The van der Waals surface area contributed by atoms with Gasteiger partial charge in [0.25, 0.3) is 5.56 Å². The molecule has 4 aromatic rings. The van der Waals surface area contributed by atoms with Crippen LogP contribution in [0.4, 0.5) is 10.2 Å². The highest BCUT2D eigenvalue weighted by Crippen LogP contribution is 2.28. The van der Waals surface area contributed by atoms with E-state index < -0.39 is 11.4 Å². The summed E-state index contributed by atoms with van der Waals surface area (Å²) in [6, 6.07) is 5.96. The molecule has 5 rings (SSSR count). The number of nitrogens with one attached hydrogen (secondary N) is 1. The number of halogens is 1. The highest BCUT2D eigenvalue weighted by molar-refractivity contribution is 5.97. The van der Waals surface area contributed by atoms with Gasteiger partial charge in [-0.15, -0.1) is 0 Å². The van der Waals surface area contributed by atoms with Gasteiger partial charge in [-0.1, -0.05) is 6.07 Å². The lowest BCUT2D eigenvalue weighted by molar-refractivity contribution is 0.0336. The normalized spacial score (nSPS) is 14.4. The third kappa shape index (κ3) is 3.71. The molecule has 166 valence electrons. The van der Waals surface area contributed by atoms with E-state index in [0.717, 1.165) is 23.4 Å². The molecule has 0 spiro atoms. The smallest absolute Gasteiger partial charge is 0.268 e. The SMILES string of the molecule is N#Cc1cccc(F)c1-n1cc(-c2cnc(CN3CCOCC3)cn2)c2[nH]nc(N)c2c1=O. The molecular formula is C22H19FN8O2. The van der Waals surface area contributed by atoms with Gasteiger partial charge >= 0.3 is 0 Å². The highest BCUT2D eigenvalue weighted by Gasteiger charge is 2.21. The summed E-state index contributed by atoms with van der Waals surface area (Å²) in [6.45, 7) is 3.67. The molecule has 10 nitrogen and oxygen atoms in total. The molecule has 0 saturated carbocycles. The Hall–Kier alpha value is -4.14. The van der Waals surface area contributed by atoms with Crippen molar-refractivity contribution in [2.24, 2.45) is 0 Å². The zero-order valence-electron chi connectivity index (χ0n) is 17.5. The molecule has 1 aromatic carbocycles. The summed E-state index contributed by atoms with van der Waals surface area (Å²) in [5, 5.41) is 16.3. The van der Waals surface area contributed by atoms with E-state index in [0.29, 0.717) is 36.5 Å². The van der Waals surface area contributed by atoms with Crippen molar-refractivity contribution in [3.8, 4) is 23.0 Å². The Bertz CT molecular complexity index is 1430. The number of rotatable bonds is 4. The average molecular weight is 446 g/mol. The standard InChI is InChI=1S/C22H19FN8O2/c23-16-3-1-2-13(8-24)20(16)31-12-15(19-18(22(31)32)21(25)29-28-19)17-10-26-14(9-27-17)11-30-4-6-33-7-5-30/h1-3,9-10,12H,4-7,11H2,(H3,25,28,29). The Morgan fingerprint density at radius 1 is 1.24 bits per heavy atom. The number of hydrogen-bond acceptors (Lipinski definition) is 8. The Morgan fingerprint density at radius 2 is 2.06 bits per heavy atom. The number of para-hydroxylation sites is 1. The maximum absolute atomic E-state index is 14.7. The molecule has 1 saturated heterocycles. The van der Waals surface area contributed by atoms with Crippen LogP contribution in [-0.2, 0) is 11.3 Å². The molecule has 0 radical (unpaired) electrons. The number of nitrogens with zero attached hydrogens (tertiary/aromatic N) is 6. The Labute approximate surface area is 187 Å². The van der Waals surface area contributed by atoms with Crippen LogP contribution in [0.5, 0.6) is 0 Å². The van der Waals surface area contributed by atoms with Crippen molar-refractivity contribution in [1.29, 1.82) is 5.26 Å². The van der Waals surface area contributed by atoms with Gasteiger partial charge in [0, 0.05) is 31.4 Å². The maximum atomic E-state index is 14.7. The van der Waals surface area contributed by atoms with E-state index in [9.17, 15) is 14.4 Å². The van der Waals surface area contributed by atoms with Crippen molar-refractivity contribution < 1.29 is 9.13 Å². The van der Waals surface area contributed by atoms with Crippen LogP contribution >= 0.6 is 0 Å². The van der Waals surface area contributed by atoms with Gasteiger partial charge in [-0.05, 0) is 12.1 Å². The van der Waals surface area contributed by atoms with E-state index in [4.69, 9.17) is 10.5 Å². The summed E-state index contributed by atoms with van der Waals surface area (Å²) in [5.74, 6) is -0.743. The molecule has 11 heteroatoms. The molecule has 0 atom stereocenters. The first-order chi connectivity index (χ1) is 16.1. The quantitative estimate of drug-likeness (QED) is 0.482. The number of pyridine rings is 1. The van der Waals surface area contributed by atoms with Crippen LogP contribution in [0.25, 0.3) is 27.8 Å². The van der Waals surface area contributed by atoms with Crippen molar-refractivity contribution in [3.05, 3.63) is 64.2 Å². The molecule has 1 aliphatic rings. The number of fused-ring (bicyclic) bond motifs is 1. The number of ether oxygens (including phenoxy) is 1. The highest BCUT2D eigenvalue weighted by atomic mass is 19.1. The van der Waals surface area contributed by atoms with E-state index in [1.165, 1.54) is 24.4 Å². The number of aromatic amines is 1. The molecule has 4 heterocycles. The summed E-state index contributed by atoms with van der Waals surface area (Å²) >= 11 is 0. The minimum Gasteiger partial charge on any atom is -0.382 e. The lowest BCUT2D eigenvalue weighted by Gasteiger charge is -2.25. The van der Waals surface area contributed by atoms with Crippen LogP contribution in [0.15, 0.2) is 41.6 Å². The number of aromatic nitrogens is 5. The van der Waals surface area contributed by atoms with Crippen LogP contribution < -0.4 is 11.3 Å². The predicted octanol–water partition coefficient (Wildman–Crippen LogP) is 1.60. The first kappa shape index (κ1) is 20.7. The van der Waals surface area contributed by atoms with Gasteiger partial charge in [-0.2, -0.15) is 10.4 Å². The summed E-state index contributed by atoms with van der Waals surface area (Å²) in [4.78, 5) is 24.4. The predicted molar refractivity (Wildman–Crippen MR) is 118 cm³/mol. The van der Waals surface area contributed by atoms with Crippen LogP contribution in [0, 0.1) is 17.1 Å². The topological polar surface area (TPSA) is 139 Å². The average Bonchev–Trinajstić information content (AvgIpc) is 3.23. The molecule has 3 N–H and O–H groups in total. The van der Waals surface area contributed by atoms with E-state index in [2.05, 4.69) is 25.1 Å². The fourth-order valence-electron chi connectivity index (χ4n) is 3.91. The van der Waals surface area contributed by atoms with Crippen molar-refractivity contribution in [2.75, 3.05) is 32.0 Å². The summed E-state index contributed by atoms with van der Waals surface area (Å²) < 4.78 is 21.2. The minimum atomic E-state index is -0.713. The van der Waals surface area contributed by atoms with Gasteiger partial charge in [-0.3, -0.25) is 29.3 Å². The molecule has 0 amide bonds. The monoisotopic (exact) mass is 446 g/mol. The second-order valence-electron chi connectivity index (χ2n) is 7.61. The van der Waals surface area contributed by atoms with Crippen molar-refractivity contribution in [2.45, 2.75) is 6.54 Å². The number of morpholine rings is 1. The van der Waals surface area contributed by atoms with E-state index in [1.807, 2.05) is 6.07 Å². The lowest BCUT2D eigenvalue weighted by Crippen LogP contribution is -2.35. The molecule has 1 aliphatic heterocycles. The number of nitrogens with two attached hydrogens (primary N) is 1. The van der Waals surface area contributed by atoms with E-state index in [1.54, 1.807) is 12.4 Å². The molecule has 0 aliphatic carbocycles. The number of benzene rings is 1. The van der Waals surface area contributed by atoms with Gasteiger partial charge < -0.3 is 10.5 Å². The third-order valence-electron chi connectivity index (χ3n) is 5.57. The number of hydrogen-bond donors (Lipinski definition) is 2. The maximum Gasteiger partial charge on any atom is 0.268 e. The molecule has 0 bridgehead atoms. The van der Waals surface area contributed by atoms with Crippen LogP contribution in [0.2, 0.25) is 0 Å². The minimum absolute atomic E-state index is 0.0106. The summed E-state index contributed by atoms with van der Waals surface area (Å²) in [5.41, 5.74) is 7.23. The number of nitriles is 1. The van der Waals surface area contributed by atoms with Crippen LogP contribution in [0.1, 0.15) is 11.3 Å². The Kier molecular flexibility index (Phi) is 5.29. The van der Waals surface area contributed by atoms with Gasteiger partial charge in [0.15, 0.2) is 5.82 Å². The number of nitrogen functional groups attached to an aromatic ring is 1. The zero-order chi connectivity index (χ0) is 22.9. The van der Waals surface area contributed by atoms with Crippen molar-refractivity contribution in [1.82, 2.24) is 29.6 Å². The second-order valence-corrected chi connectivity index (χ2v) is 7.61. The van der Waals surface area contributed by atoms with Crippen molar-refractivity contribution >= 4 is 16.7 Å². The van der Waals surface area contributed by atoms with Gasteiger partial charge in [0.05, 0.1) is 48.1 Å². The molecule has 3 aromatic heterocycles. The Balaban J connectivity index is 1.63. The molecular weight excluding hydrogens is 427 g/mol. The van der Waals surface area contributed by atoms with Gasteiger partial charge in [0.1, 0.15) is 23.0 Å².